The number of unbranched alkanes of at least 4 members (excludes halogenated alkanes) is 3. The van der Waals surface area contributed by atoms with Crippen LogP contribution in [0.4, 0.5) is 11.4 Å². The van der Waals surface area contributed by atoms with E-state index in [0.717, 1.165) is 54.1 Å². The van der Waals surface area contributed by atoms with Gasteiger partial charge in [0.1, 0.15) is 0 Å². The summed E-state index contributed by atoms with van der Waals surface area (Å²) in [5, 5.41) is 3.42. The third kappa shape index (κ3) is 7.84. The fraction of sp³-hybridized carbons (Fsp3) is 0.409. The van der Waals surface area contributed by atoms with Crippen molar-refractivity contribution in [1.82, 2.24) is 0 Å². The van der Waals surface area contributed by atoms with Crippen LogP contribution in [0.25, 0.3) is 0 Å². The number of hydrogen-bond donors (Lipinski definition) is 3. The summed E-state index contributed by atoms with van der Waals surface area (Å²) < 4.78 is 23.6. The molecule has 0 heterocycles. The third-order valence-electron chi connectivity index (χ3n) is 4.42. The lowest BCUT2D eigenvalue weighted by Gasteiger charge is -2.18. The van der Waals surface area contributed by atoms with E-state index in [9.17, 15) is 13.6 Å². The van der Waals surface area contributed by atoms with Crippen LogP contribution in [-0.2, 0) is 11.3 Å². The van der Waals surface area contributed by atoms with Crippen molar-refractivity contribution in [2.75, 3.05) is 16.6 Å². The van der Waals surface area contributed by atoms with Crippen molar-refractivity contribution in [3.63, 3.8) is 0 Å². The molecule has 0 fully saturated rings. The van der Waals surface area contributed by atoms with Gasteiger partial charge in [0.25, 0.3) is 11.3 Å². The van der Waals surface area contributed by atoms with Crippen molar-refractivity contribution in [1.29, 1.82) is 0 Å². The van der Waals surface area contributed by atoms with Gasteiger partial charge in [-0.3, -0.25) is 14.1 Å². The van der Waals surface area contributed by atoms with E-state index < -0.39 is 11.3 Å². The number of anilines is 2. The van der Waals surface area contributed by atoms with Gasteiger partial charge in [0.15, 0.2) is 5.78 Å². The van der Waals surface area contributed by atoms with E-state index in [2.05, 4.69) is 23.9 Å². The summed E-state index contributed by atoms with van der Waals surface area (Å²) in [7, 11) is 0. The molecule has 0 spiro atoms. The van der Waals surface area contributed by atoms with Crippen molar-refractivity contribution in [2.24, 2.45) is 0 Å². The second kappa shape index (κ2) is 12.7. The molecule has 0 aliphatic heterocycles. The highest BCUT2D eigenvalue weighted by atomic mass is 32.2. The first-order chi connectivity index (χ1) is 14.0. The summed E-state index contributed by atoms with van der Waals surface area (Å²) in [6, 6.07) is 13.4. The number of carbonyl (C=O) groups excluding carboxylic acids is 1. The molecule has 5 nitrogen and oxygen atoms in total. The first-order valence-corrected chi connectivity index (χ1v) is 12.0. The van der Waals surface area contributed by atoms with Crippen LogP contribution in [0.3, 0.4) is 0 Å². The standard InChI is InChI=1S/C22H30N2O3S2/c1-3-5-8-13-21(25)17-15-19(23-14-6-4-2)22(20(16-17)24-29(26)27)28-18-11-9-7-10-12-18/h7,9-12,15-16,23-24H,3-6,8,13-14H2,1-2H3,(H,26,27). The van der Waals surface area contributed by atoms with Crippen molar-refractivity contribution in [3.8, 4) is 0 Å². The Labute approximate surface area is 180 Å². The van der Waals surface area contributed by atoms with E-state index >= 15 is 0 Å². The fourth-order valence-electron chi connectivity index (χ4n) is 2.89. The van der Waals surface area contributed by atoms with Crippen LogP contribution in [0, 0.1) is 0 Å². The lowest BCUT2D eigenvalue weighted by molar-refractivity contribution is 0.0979. The molecule has 29 heavy (non-hydrogen) atoms. The molecule has 7 heteroatoms. The molecule has 0 saturated heterocycles. The summed E-state index contributed by atoms with van der Waals surface area (Å²) in [6.07, 6.45) is 5.45. The zero-order valence-corrected chi connectivity index (χ0v) is 18.7. The summed E-state index contributed by atoms with van der Waals surface area (Å²) >= 11 is -0.730. The minimum Gasteiger partial charge on any atom is -0.384 e. The molecule has 2 aromatic rings. The molecule has 0 saturated carbocycles. The van der Waals surface area contributed by atoms with Gasteiger partial charge in [-0.2, -0.15) is 0 Å². The SMILES string of the molecule is CCCCCC(=O)c1cc(NCCCC)c(Sc2ccccc2)c(NS(=O)O)c1. The monoisotopic (exact) mass is 434 g/mol. The van der Waals surface area contributed by atoms with Crippen LogP contribution in [0.15, 0.2) is 52.3 Å². The zero-order valence-electron chi connectivity index (χ0n) is 17.1. The van der Waals surface area contributed by atoms with Gasteiger partial charge in [0.2, 0.25) is 0 Å². The highest BCUT2D eigenvalue weighted by molar-refractivity contribution is 7.99. The van der Waals surface area contributed by atoms with Crippen LogP contribution in [0.1, 0.15) is 62.7 Å². The Kier molecular flexibility index (Phi) is 10.2. The Bertz CT molecular complexity index is 813. The molecule has 0 amide bonds. The lowest BCUT2D eigenvalue weighted by Crippen LogP contribution is -2.10. The highest BCUT2D eigenvalue weighted by Crippen LogP contribution is 2.40. The van der Waals surface area contributed by atoms with Gasteiger partial charge in [-0.05, 0) is 37.1 Å². The number of hydrogen-bond acceptors (Lipinski definition) is 4. The topological polar surface area (TPSA) is 78.4 Å². The normalized spacial score (nSPS) is 11.8. The molecule has 0 radical (unpaired) electrons. The first-order valence-electron chi connectivity index (χ1n) is 10.1. The summed E-state index contributed by atoms with van der Waals surface area (Å²) in [6.45, 7) is 5.00. The highest BCUT2D eigenvalue weighted by Gasteiger charge is 2.17. The van der Waals surface area contributed by atoms with Crippen molar-refractivity contribution in [3.05, 3.63) is 48.0 Å². The maximum Gasteiger partial charge on any atom is 0.259 e. The van der Waals surface area contributed by atoms with Gasteiger partial charge < -0.3 is 5.32 Å². The molecule has 0 bridgehead atoms. The fourth-order valence-corrected chi connectivity index (χ4v) is 4.29. The molecule has 2 aromatic carbocycles. The number of ketones is 1. The van der Waals surface area contributed by atoms with Gasteiger partial charge in [0, 0.05) is 23.4 Å². The Morgan fingerprint density at radius 1 is 1.03 bits per heavy atom. The lowest BCUT2D eigenvalue weighted by atomic mass is 10.0. The van der Waals surface area contributed by atoms with Gasteiger partial charge in [-0.15, -0.1) is 0 Å². The Morgan fingerprint density at radius 3 is 2.38 bits per heavy atom. The van der Waals surface area contributed by atoms with Crippen molar-refractivity contribution >= 4 is 40.2 Å². The molecular formula is C22H30N2O3S2. The molecule has 158 valence electrons. The Balaban J connectivity index is 2.42. The van der Waals surface area contributed by atoms with E-state index in [1.165, 1.54) is 11.8 Å². The van der Waals surface area contributed by atoms with Gasteiger partial charge in [-0.1, -0.05) is 63.1 Å². The van der Waals surface area contributed by atoms with Crippen molar-refractivity contribution in [2.45, 2.75) is 62.2 Å². The predicted molar refractivity (Wildman–Crippen MR) is 123 cm³/mol. The van der Waals surface area contributed by atoms with E-state index in [-0.39, 0.29) is 5.78 Å². The molecule has 0 aromatic heterocycles. The summed E-state index contributed by atoms with van der Waals surface area (Å²) in [5.41, 5.74) is 1.85. The Hall–Kier alpha value is -1.83. The molecule has 3 N–H and O–H groups in total. The second-order valence-electron chi connectivity index (χ2n) is 6.83. The molecule has 2 rings (SSSR count). The number of Topliss-reactive ketones (excluding diaryl/α,β-unsaturated/α-hetero) is 1. The molecule has 1 atom stereocenters. The predicted octanol–water partition coefficient (Wildman–Crippen LogP) is 6.36. The first kappa shape index (κ1) is 23.4. The largest absolute Gasteiger partial charge is 0.384 e. The number of benzene rings is 2. The average Bonchev–Trinajstić information content (AvgIpc) is 2.70. The molecule has 0 aliphatic rings. The molecule has 0 aliphatic carbocycles. The van der Waals surface area contributed by atoms with E-state index in [1.54, 1.807) is 6.07 Å². The van der Waals surface area contributed by atoms with E-state index in [1.807, 2.05) is 36.4 Å². The van der Waals surface area contributed by atoms with E-state index in [0.29, 0.717) is 17.7 Å². The third-order valence-corrected chi connectivity index (χ3v) is 5.97. The van der Waals surface area contributed by atoms with Crippen LogP contribution in [0.5, 0.6) is 0 Å². The second-order valence-corrected chi connectivity index (χ2v) is 8.61. The average molecular weight is 435 g/mol. The van der Waals surface area contributed by atoms with E-state index in [4.69, 9.17) is 0 Å². The van der Waals surface area contributed by atoms with Gasteiger partial charge >= 0.3 is 0 Å². The van der Waals surface area contributed by atoms with Crippen LogP contribution in [0.2, 0.25) is 0 Å². The summed E-state index contributed by atoms with van der Waals surface area (Å²) in [4.78, 5) is 14.5. The number of nitrogens with one attached hydrogen (secondary N) is 2. The van der Waals surface area contributed by atoms with Crippen LogP contribution >= 0.6 is 11.8 Å². The van der Waals surface area contributed by atoms with Crippen molar-refractivity contribution < 1.29 is 13.6 Å². The Morgan fingerprint density at radius 2 is 1.72 bits per heavy atom. The van der Waals surface area contributed by atoms with Crippen LogP contribution in [-0.4, -0.2) is 21.1 Å². The maximum absolute atomic E-state index is 12.7. The summed E-state index contributed by atoms with van der Waals surface area (Å²) in [5.74, 6) is 0.0556. The smallest absolute Gasteiger partial charge is 0.259 e. The molecular weight excluding hydrogens is 404 g/mol. The minimum absolute atomic E-state index is 0.0556. The molecule has 1 unspecified atom stereocenters. The van der Waals surface area contributed by atoms with Gasteiger partial charge in [0.05, 0.1) is 16.3 Å². The number of rotatable bonds is 13. The minimum atomic E-state index is -2.23. The number of carbonyl (C=O) groups is 1. The zero-order chi connectivity index (χ0) is 21.1. The quantitative estimate of drug-likeness (QED) is 0.194. The maximum atomic E-state index is 12.7. The van der Waals surface area contributed by atoms with Crippen LogP contribution < -0.4 is 10.0 Å². The van der Waals surface area contributed by atoms with Gasteiger partial charge in [-0.25, -0.2) is 4.21 Å².